The molecule has 0 N–H and O–H groups in total. The van der Waals surface area contributed by atoms with Crippen LogP contribution in [0.2, 0.25) is 9.36 Å². The van der Waals surface area contributed by atoms with Crippen molar-refractivity contribution in [2.24, 2.45) is 10.8 Å². The fourth-order valence-corrected chi connectivity index (χ4v) is 12.5. The monoisotopic (exact) mass is 491 g/mol. The van der Waals surface area contributed by atoms with Crippen LogP contribution >= 0.6 is 0 Å². The summed E-state index contributed by atoms with van der Waals surface area (Å²) in [6.07, 6.45) is 11.6. The van der Waals surface area contributed by atoms with E-state index in [0.717, 1.165) is 0 Å². The Hall–Kier alpha value is -0.170. The Kier molecular flexibility index (Phi) is 4.82. The van der Waals surface area contributed by atoms with E-state index >= 15 is 0 Å². The molecular formula is C23H35Hf. The van der Waals surface area contributed by atoms with Crippen molar-refractivity contribution < 1.29 is 21.4 Å². The summed E-state index contributed by atoms with van der Waals surface area (Å²) in [4.78, 5) is 0. The predicted octanol–water partition coefficient (Wildman–Crippen LogP) is 6.96. The summed E-state index contributed by atoms with van der Waals surface area (Å²) >= 11 is -1.65. The fourth-order valence-electron chi connectivity index (χ4n) is 5.11. The van der Waals surface area contributed by atoms with Gasteiger partial charge in [-0.2, -0.15) is 0 Å². The van der Waals surface area contributed by atoms with Crippen molar-refractivity contribution in [3.63, 3.8) is 0 Å². The molecule has 2 aliphatic rings. The van der Waals surface area contributed by atoms with Gasteiger partial charge in [0.05, 0.1) is 0 Å². The number of fused-ring (bicyclic) bond motifs is 2. The number of rotatable bonds is 4. The summed E-state index contributed by atoms with van der Waals surface area (Å²) in [5.74, 6) is 0. The van der Waals surface area contributed by atoms with Crippen molar-refractivity contribution in [1.29, 1.82) is 0 Å². The summed E-state index contributed by atoms with van der Waals surface area (Å²) in [5.41, 5.74) is 7.50. The van der Waals surface area contributed by atoms with Crippen LogP contribution in [0.5, 0.6) is 0 Å². The van der Waals surface area contributed by atoms with Crippen molar-refractivity contribution in [2.45, 2.75) is 79.3 Å². The molecule has 0 bridgehead atoms. The van der Waals surface area contributed by atoms with Gasteiger partial charge in [0, 0.05) is 0 Å². The van der Waals surface area contributed by atoms with E-state index in [1.807, 2.05) is 0 Å². The summed E-state index contributed by atoms with van der Waals surface area (Å²) in [6, 6.07) is 5.22. The topological polar surface area (TPSA) is 0 Å². The molecule has 2 aliphatic carbocycles. The van der Waals surface area contributed by atoms with E-state index in [2.05, 4.69) is 68.3 Å². The van der Waals surface area contributed by atoms with E-state index in [1.165, 1.54) is 32.1 Å². The van der Waals surface area contributed by atoms with Crippen molar-refractivity contribution in [3.05, 3.63) is 40.5 Å². The van der Waals surface area contributed by atoms with Gasteiger partial charge in [0.1, 0.15) is 0 Å². The van der Waals surface area contributed by atoms with Gasteiger partial charge in [-0.3, -0.25) is 0 Å². The molecule has 0 aliphatic heterocycles. The summed E-state index contributed by atoms with van der Waals surface area (Å²) in [5, 5.41) is 0. The molecule has 1 atom stereocenters. The molecule has 0 saturated heterocycles. The van der Waals surface area contributed by atoms with Gasteiger partial charge in [-0.1, -0.05) is 0 Å². The molecule has 131 valence electrons. The second kappa shape index (κ2) is 6.22. The van der Waals surface area contributed by atoms with Crippen LogP contribution in [0.25, 0.3) is 6.08 Å². The van der Waals surface area contributed by atoms with Crippen LogP contribution in [0.3, 0.4) is 0 Å². The first-order valence-corrected chi connectivity index (χ1v) is 18.8. The standard InChI is InChI=1S/C21H29.2CH3.Hf/c1-6-21(7-2)13-17-10-15-8-9-16(12-20(3,4)5)19(15)11-18(17)14-21;;;/h8-11H,6-7,12-14H2,1-5H3;2*1H3;. The van der Waals surface area contributed by atoms with Gasteiger partial charge < -0.3 is 0 Å². The van der Waals surface area contributed by atoms with Crippen LogP contribution in [0.15, 0.2) is 18.2 Å². The number of hydrogen-bond acceptors (Lipinski definition) is 0. The normalized spacial score (nSPS) is 24.1. The Morgan fingerprint density at radius 2 is 1.58 bits per heavy atom. The number of hydrogen-bond donors (Lipinski definition) is 0. The minimum absolute atomic E-state index is 0.392. The van der Waals surface area contributed by atoms with Crippen LogP contribution < -0.4 is 0 Å². The SMILES string of the molecule is CCC1(CC)Cc2cc3c(cc2C1)[C](CC(C)(C)C)([Hf]([CH3])[CH3])C=C3. The van der Waals surface area contributed by atoms with E-state index in [1.54, 1.807) is 22.3 Å². The van der Waals surface area contributed by atoms with Gasteiger partial charge in [0.25, 0.3) is 0 Å². The molecule has 0 amide bonds. The second-order valence-electron chi connectivity index (χ2n) is 9.81. The molecule has 0 spiro atoms. The third-order valence-electron chi connectivity index (χ3n) is 6.73. The first-order valence-electron chi connectivity index (χ1n) is 9.81. The van der Waals surface area contributed by atoms with E-state index in [4.69, 9.17) is 0 Å². The summed E-state index contributed by atoms with van der Waals surface area (Å²) in [7, 11) is 0. The van der Waals surface area contributed by atoms with Gasteiger partial charge in [-0.25, -0.2) is 0 Å². The Bertz CT molecular complexity index is 655. The number of allylic oxidation sites excluding steroid dienone is 1. The van der Waals surface area contributed by atoms with E-state index in [0.29, 0.717) is 14.0 Å². The van der Waals surface area contributed by atoms with Gasteiger partial charge in [-0.15, -0.1) is 0 Å². The van der Waals surface area contributed by atoms with Crippen LogP contribution in [0.1, 0.15) is 76.1 Å². The summed E-state index contributed by atoms with van der Waals surface area (Å²) in [6.45, 7) is 12.0. The average Bonchev–Trinajstić information content (AvgIpc) is 3.03. The third-order valence-corrected chi connectivity index (χ3v) is 15.3. The molecular weight excluding hydrogens is 455 g/mol. The van der Waals surface area contributed by atoms with E-state index in [9.17, 15) is 0 Å². The molecule has 1 unspecified atom stereocenters. The average molecular weight is 490 g/mol. The molecule has 1 aromatic carbocycles. The molecule has 0 heterocycles. The Morgan fingerprint density at radius 1 is 1.00 bits per heavy atom. The maximum absolute atomic E-state index is 2.65. The maximum atomic E-state index is 2.65. The first kappa shape index (κ1) is 18.6. The molecule has 0 aromatic heterocycles. The zero-order valence-electron chi connectivity index (χ0n) is 16.8. The molecule has 1 heteroatoms. The second-order valence-corrected chi connectivity index (χ2v) is 20.2. The fraction of sp³-hybridized carbons (Fsp3) is 0.652. The van der Waals surface area contributed by atoms with Crippen LogP contribution in [0, 0.1) is 10.8 Å². The van der Waals surface area contributed by atoms with E-state index in [-0.39, 0.29) is 0 Å². The molecule has 0 fully saturated rings. The van der Waals surface area contributed by atoms with Gasteiger partial charge in [0.15, 0.2) is 0 Å². The van der Waals surface area contributed by atoms with Crippen LogP contribution in [-0.4, -0.2) is 0 Å². The van der Waals surface area contributed by atoms with Crippen molar-refractivity contribution in [2.75, 3.05) is 0 Å². The van der Waals surface area contributed by atoms with Crippen LogP contribution in [0.4, 0.5) is 0 Å². The molecule has 0 nitrogen and oxygen atoms in total. The minimum atomic E-state index is -1.65. The predicted molar refractivity (Wildman–Crippen MR) is 103 cm³/mol. The quantitative estimate of drug-likeness (QED) is 0.401. The van der Waals surface area contributed by atoms with Crippen LogP contribution in [-0.2, 0) is 37.5 Å². The molecule has 24 heavy (non-hydrogen) atoms. The zero-order valence-corrected chi connectivity index (χ0v) is 20.4. The molecule has 3 rings (SSSR count). The molecule has 0 radical (unpaired) electrons. The Morgan fingerprint density at radius 3 is 2.08 bits per heavy atom. The Labute approximate surface area is 157 Å². The van der Waals surface area contributed by atoms with Gasteiger partial charge in [-0.05, 0) is 0 Å². The first-order chi connectivity index (χ1) is 11.1. The zero-order chi connectivity index (χ0) is 17.8. The molecule has 0 saturated carbocycles. The van der Waals surface area contributed by atoms with Gasteiger partial charge in [0.2, 0.25) is 0 Å². The van der Waals surface area contributed by atoms with E-state index < -0.39 is 21.4 Å². The van der Waals surface area contributed by atoms with Gasteiger partial charge >= 0.3 is 158 Å². The van der Waals surface area contributed by atoms with Crippen molar-refractivity contribution in [1.82, 2.24) is 0 Å². The van der Waals surface area contributed by atoms with Crippen molar-refractivity contribution in [3.8, 4) is 0 Å². The Balaban J connectivity index is 2.06. The van der Waals surface area contributed by atoms with Crippen molar-refractivity contribution >= 4 is 6.08 Å². The number of benzene rings is 1. The third kappa shape index (κ3) is 3.04. The molecule has 1 aromatic rings. The summed E-state index contributed by atoms with van der Waals surface area (Å²) < 4.78 is 5.66.